The van der Waals surface area contributed by atoms with Crippen LogP contribution in [0.2, 0.25) is 0 Å². The molecule has 1 aromatic heterocycles. The molecule has 0 radical (unpaired) electrons. The fraction of sp³-hybridized carbons (Fsp3) is 0.231. The number of thioether (sulfide) groups is 1. The standard InChI is InChI=1S/C13H15NOS/c1-9-7-8-11(15-9)13(14)10-5-3-4-6-12(10)16-2/h3-8,13H,14H2,1-2H3. The van der Waals surface area contributed by atoms with Crippen LogP contribution in [-0.4, -0.2) is 6.26 Å². The lowest BCUT2D eigenvalue weighted by Gasteiger charge is -2.12. The summed E-state index contributed by atoms with van der Waals surface area (Å²) in [6.45, 7) is 1.93. The van der Waals surface area contributed by atoms with Gasteiger partial charge in [0.15, 0.2) is 0 Å². The zero-order valence-electron chi connectivity index (χ0n) is 9.44. The molecule has 2 N–H and O–H groups in total. The summed E-state index contributed by atoms with van der Waals surface area (Å²) in [5, 5.41) is 0. The summed E-state index contributed by atoms with van der Waals surface area (Å²) in [5.74, 6) is 1.71. The lowest BCUT2D eigenvalue weighted by atomic mass is 10.1. The van der Waals surface area contributed by atoms with Crippen LogP contribution in [-0.2, 0) is 0 Å². The van der Waals surface area contributed by atoms with Gasteiger partial charge < -0.3 is 10.2 Å². The van der Waals surface area contributed by atoms with Gasteiger partial charge in [0.1, 0.15) is 11.5 Å². The van der Waals surface area contributed by atoms with Crippen molar-refractivity contribution in [2.75, 3.05) is 6.26 Å². The maximum atomic E-state index is 6.20. The van der Waals surface area contributed by atoms with Gasteiger partial charge in [-0.25, -0.2) is 0 Å². The van der Waals surface area contributed by atoms with Crippen molar-refractivity contribution >= 4 is 11.8 Å². The molecule has 1 heterocycles. The van der Waals surface area contributed by atoms with Crippen molar-refractivity contribution in [3.63, 3.8) is 0 Å². The smallest absolute Gasteiger partial charge is 0.125 e. The molecule has 0 saturated heterocycles. The van der Waals surface area contributed by atoms with E-state index in [4.69, 9.17) is 10.2 Å². The molecule has 0 amide bonds. The van der Waals surface area contributed by atoms with Crippen LogP contribution in [0.25, 0.3) is 0 Å². The van der Waals surface area contributed by atoms with E-state index in [1.807, 2.05) is 37.3 Å². The molecule has 0 fully saturated rings. The first-order valence-electron chi connectivity index (χ1n) is 5.17. The highest BCUT2D eigenvalue weighted by Gasteiger charge is 2.15. The molecule has 0 aliphatic heterocycles. The van der Waals surface area contributed by atoms with Crippen LogP contribution in [0, 0.1) is 6.92 Å². The highest BCUT2D eigenvalue weighted by Crippen LogP contribution is 2.29. The molecule has 1 aromatic carbocycles. The summed E-state index contributed by atoms with van der Waals surface area (Å²) < 4.78 is 5.56. The molecule has 1 unspecified atom stereocenters. The van der Waals surface area contributed by atoms with Gasteiger partial charge in [0.05, 0.1) is 6.04 Å². The molecule has 2 nitrogen and oxygen atoms in total. The van der Waals surface area contributed by atoms with Gasteiger partial charge in [-0.2, -0.15) is 0 Å². The van der Waals surface area contributed by atoms with E-state index in [1.54, 1.807) is 11.8 Å². The second kappa shape index (κ2) is 4.76. The lowest BCUT2D eigenvalue weighted by Crippen LogP contribution is -2.11. The molecule has 16 heavy (non-hydrogen) atoms. The van der Waals surface area contributed by atoms with Gasteiger partial charge in [0.25, 0.3) is 0 Å². The zero-order valence-corrected chi connectivity index (χ0v) is 10.3. The van der Waals surface area contributed by atoms with Gasteiger partial charge in [0.2, 0.25) is 0 Å². The Balaban J connectivity index is 2.36. The van der Waals surface area contributed by atoms with E-state index < -0.39 is 0 Å². The largest absolute Gasteiger partial charge is 0.464 e. The third-order valence-corrected chi connectivity index (χ3v) is 3.35. The van der Waals surface area contributed by atoms with Crippen molar-refractivity contribution in [2.24, 2.45) is 5.73 Å². The number of benzene rings is 1. The number of rotatable bonds is 3. The molecule has 0 bridgehead atoms. The third-order valence-electron chi connectivity index (χ3n) is 2.54. The molecule has 0 aliphatic rings. The van der Waals surface area contributed by atoms with E-state index in [2.05, 4.69) is 12.3 Å². The van der Waals surface area contributed by atoms with Crippen molar-refractivity contribution < 1.29 is 4.42 Å². The second-order valence-electron chi connectivity index (χ2n) is 3.67. The monoisotopic (exact) mass is 233 g/mol. The molecule has 3 heteroatoms. The van der Waals surface area contributed by atoms with E-state index in [-0.39, 0.29) is 6.04 Å². The molecule has 2 aromatic rings. The summed E-state index contributed by atoms with van der Waals surface area (Å²) in [7, 11) is 0. The van der Waals surface area contributed by atoms with Crippen LogP contribution in [0.4, 0.5) is 0 Å². The molecule has 0 spiro atoms. The van der Waals surface area contributed by atoms with Crippen LogP contribution >= 0.6 is 11.8 Å². The van der Waals surface area contributed by atoms with E-state index >= 15 is 0 Å². The highest BCUT2D eigenvalue weighted by atomic mass is 32.2. The predicted octanol–water partition coefficient (Wildman–Crippen LogP) is 3.36. The van der Waals surface area contributed by atoms with Crippen LogP contribution < -0.4 is 5.73 Å². The normalized spacial score (nSPS) is 12.7. The van der Waals surface area contributed by atoms with E-state index in [9.17, 15) is 0 Å². The molecule has 1 atom stereocenters. The van der Waals surface area contributed by atoms with Crippen LogP contribution in [0.5, 0.6) is 0 Å². The summed E-state index contributed by atoms with van der Waals surface area (Å²) in [4.78, 5) is 1.20. The van der Waals surface area contributed by atoms with Gasteiger partial charge in [0, 0.05) is 4.90 Å². The van der Waals surface area contributed by atoms with Crippen molar-refractivity contribution in [3.05, 3.63) is 53.5 Å². The minimum absolute atomic E-state index is 0.183. The fourth-order valence-electron chi connectivity index (χ4n) is 1.70. The summed E-state index contributed by atoms with van der Waals surface area (Å²) in [6, 6.07) is 11.9. The summed E-state index contributed by atoms with van der Waals surface area (Å²) in [5.41, 5.74) is 7.31. The van der Waals surface area contributed by atoms with Gasteiger partial charge in [-0.3, -0.25) is 0 Å². The Labute approximate surface area is 99.8 Å². The Morgan fingerprint density at radius 1 is 1.19 bits per heavy atom. The van der Waals surface area contributed by atoms with Crippen molar-refractivity contribution in [1.29, 1.82) is 0 Å². The van der Waals surface area contributed by atoms with Gasteiger partial charge in [-0.15, -0.1) is 11.8 Å². The maximum Gasteiger partial charge on any atom is 0.125 e. The Hall–Kier alpha value is -1.19. The highest BCUT2D eigenvalue weighted by molar-refractivity contribution is 7.98. The van der Waals surface area contributed by atoms with Crippen molar-refractivity contribution in [3.8, 4) is 0 Å². The Morgan fingerprint density at radius 2 is 1.94 bits per heavy atom. The predicted molar refractivity (Wildman–Crippen MR) is 67.7 cm³/mol. The Kier molecular flexibility index (Phi) is 3.36. The van der Waals surface area contributed by atoms with Gasteiger partial charge >= 0.3 is 0 Å². The van der Waals surface area contributed by atoms with Crippen molar-refractivity contribution in [2.45, 2.75) is 17.9 Å². The third kappa shape index (κ3) is 2.15. The number of hydrogen-bond donors (Lipinski definition) is 1. The van der Waals surface area contributed by atoms with Crippen LogP contribution in [0.1, 0.15) is 23.1 Å². The second-order valence-corrected chi connectivity index (χ2v) is 4.52. The number of nitrogens with two attached hydrogens (primary N) is 1. The molecular formula is C13H15NOS. The summed E-state index contributed by atoms with van der Waals surface area (Å²) in [6.07, 6.45) is 2.05. The number of furan rings is 1. The number of aryl methyl sites for hydroxylation is 1. The first-order chi connectivity index (χ1) is 7.72. The van der Waals surface area contributed by atoms with Gasteiger partial charge in [-0.05, 0) is 36.9 Å². The fourth-order valence-corrected chi connectivity index (χ4v) is 2.34. The van der Waals surface area contributed by atoms with Crippen LogP contribution in [0.15, 0.2) is 45.7 Å². The van der Waals surface area contributed by atoms with Crippen LogP contribution in [0.3, 0.4) is 0 Å². The first kappa shape index (κ1) is 11.3. The first-order valence-corrected chi connectivity index (χ1v) is 6.39. The molecule has 84 valence electrons. The quantitative estimate of drug-likeness (QED) is 0.826. The topological polar surface area (TPSA) is 39.2 Å². The van der Waals surface area contributed by atoms with E-state index in [1.165, 1.54) is 4.90 Å². The molecule has 0 aliphatic carbocycles. The Bertz CT molecular complexity index is 478. The van der Waals surface area contributed by atoms with Crippen molar-refractivity contribution in [1.82, 2.24) is 0 Å². The average Bonchev–Trinajstić information content (AvgIpc) is 2.75. The lowest BCUT2D eigenvalue weighted by molar-refractivity contribution is 0.464. The SMILES string of the molecule is CSc1ccccc1C(N)c1ccc(C)o1. The molecule has 2 rings (SSSR count). The average molecular weight is 233 g/mol. The zero-order chi connectivity index (χ0) is 11.5. The van der Waals surface area contributed by atoms with Gasteiger partial charge in [-0.1, -0.05) is 18.2 Å². The minimum atomic E-state index is -0.183. The van der Waals surface area contributed by atoms with E-state index in [0.29, 0.717) is 0 Å². The Morgan fingerprint density at radius 3 is 2.56 bits per heavy atom. The van der Waals surface area contributed by atoms with E-state index in [0.717, 1.165) is 17.1 Å². The minimum Gasteiger partial charge on any atom is -0.464 e. The molecular weight excluding hydrogens is 218 g/mol. The maximum absolute atomic E-state index is 6.20. The summed E-state index contributed by atoms with van der Waals surface area (Å²) >= 11 is 1.70. The molecule has 0 saturated carbocycles. The number of hydrogen-bond acceptors (Lipinski definition) is 3.